The Balaban J connectivity index is 1.64. The third-order valence-electron chi connectivity index (χ3n) is 3.09. The van der Waals surface area contributed by atoms with Gasteiger partial charge in [0.05, 0.1) is 11.6 Å². The Morgan fingerprint density at radius 3 is 3.16 bits per heavy atom. The van der Waals surface area contributed by atoms with Crippen LogP contribution >= 0.6 is 0 Å². The molecule has 0 saturated carbocycles. The molecule has 0 amide bonds. The lowest BCUT2D eigenvalue weighted by Gasteiger charge is -2.28. The average molecular weight is 259 g/mol. The first-order valence-corrected chi connectivity index (χ1v) is 6.52. The van der Waals surface area contributed by atoms with E-state index in [1.165, 1.54) is 0 Å². The molecule has 2 aromatic rings. The molecule has 3 rings (SSSR count). The SMILES string of the molecule is CC1CNCC(COc2ncc3ccccc3n2)O1. The summed E-state index contributed by atoms with van der Waals surface area (Å²) in [7, 11) is 0. The Labute approximate surface area is 112 Å². The van der Waals surface area contributed by atoms with E-state index in [0.717, 1.165) is 24.0 Å². The number of hydrogen-bond donors (Lipinski definition) is 1. The Morgan fingerprint density at radius 1 is 1.37 bits per heavy atom. The van der Waals surface area contributed by atoms with Gasteiger partial charge in [-0.05, 0) is 13.0 Å². The van der Waals surface area contributed by atoms with Gasteiger partial charge in [0, 0.05) is 24.7 Å². The predicted molar refractivity (Wildman–Crippen MR) is 72.2 cm³/mol. The Hall–Kier alpha value is -1.72. The summed E-state index contributed by atoms with van der Waals surface area (Å²) >= 11 is 0. The standard InChI is InChI=1S/C14H17N3O2/c1-10-6-15-8-12(19-10)9-18-14-16-7-11-4-2-3-5-13(11)17-14/h2-5,7,10,12,15H,6,8-9H2,1H3. The molecule has 0 aliphatic carbocycles. The molecule has 2 atom stereocenters. The molecule has 1 N–H and O–H groups in total. The van der Waals surface area contributed by atoms with Crippen LogP contribution in [-0.4, -0.2) is 41.9 Å². The van der Waals surface area contributed by atoms with Crippen molar-refractivity contribution in [3.05, 3.63) is 30.5 Å². The van der Waals surface area contributed by atoms with Crippen LogP contribution in [0, 0.1) is 0 Å². The smallest absolute Gasteiger partial charge is 0.317 e. The lowest BCUT2D eigenvalue weighted by Crippen LogP contribution is -2.45. The van der Waals surface area contributed by atoms with E-state index < -0.39 is 0 Å². The van der Waals surface area contributed by atoms with Gasteiger partial charge in [0.2, 0.25) is 0 Å². The van der Waals surface area contributed by atoms with Crippen molar-refractivity contribution in [3.8, 4) is 6.01 Å². The van der Waals surface area contributed by atoms with E-state index >= 15 is 0 Å². The molecule has 1 saturated heterocycles. The average Bonchev–Trinajstić information content (AvgIpc) is 2.45. The fourth-order valence-corrected chi connectivity index (χ4v) is 2.16. The molecule has 100 valence electrons. The van der Waals surface area contributed by atoms with E-state index in [1.807, 2.05) is 31.2 Å². The summed E-state index contributed by atoms with van der Waals surface area (Å²) in [4.78, 5) is 8.57. The molecule has 1 aromatic carbocycles. The third kappa shape index (κ3) is 3.00. The van der Waals surface area contributed by atoms with Crippen molar-refractivity contribution in [1.82, 2.24) is 15.3 Å². The van der Waals surface area contributed by atoms with Crippen LogP contribution in [0.15, 0.2) is 30.5 Å². The summed E-state index contributed by atoms with van der Waals surface area (Å²) in [6, 6.07) is 8.25. The van der Waals surface area contributed by atoms with Gasteiger partial charge in [0.1, 0.15) is 12.7 Å². The van der Waals surface area contributed by atoms with E-state index in [-0.39, 0.29) is 12.2 Å². The van der Waals surface area contributed by atoms with E-state index in [9.17, 15) is 0 Å². The number of aromatic nitrogens is 2. The number of nitrogens with one attached hydrogen (secondary N) is 1. The molecule has 1 aliphatic heterocycles. The predicted octanol–water partition coefficient (Wildman–Crippen LogP) is 1.39. The molecule has 1 fully saturated rings. The minimum atomic E-state index is 0.0545. The first-order valence-electron chi connectivity index (χ1n) is 6.52. The second kappa shape index (κ2) is 5.50. The van der Waals surface area contributed by atoms with Crippen LogP contribution in [0.5, 0.6) is 6.01 Å². The molecule has 5 nitrogen and oxygen atoms in total. The van der Waals surface area contributed by atoms with E-state index in [4.69, 9.17) is 9.47 Å². The molecule has 2 heterocycles. The minimum Gasteiger partial charge on any atom is -0.461 e. The van der Waals surface area contributed by atoms with Gasteiger partial charge >= 0.3 is 6.01 Å². The highest BCUT2D eigenvalue weighted by atomic mass is 16.5. The fraction of sp³-hybridized carbons (Fsp3) is 0.429. The number of fused-ring (bicyclic) bond motifs is 1. The van der Waals surface area contributed by atoms with Gasteiger partial charge in [-0.2, -0.15) is 4.98 Å². The molecule has 5 heteroatoms. The Bertz CT molecular complexity index is 561. The summed E-state index contributed by atoms with van der Waals surface area (Å²) in [5.41, 5.74) is 0.892. The van der Waals surface area contributed by atoms with Crippen LogP contribution < -0.4 is 10.1 Å². The summed E-state index contributed by atoms with van der Waals surface area (Å²) in [5, 5.41) is 4.32. The van der Waals surface area contributed by atoms with Crippen molar-refractivity contribution >= 4 is 10.9 Å². The summed E-state index contributed by atoms with van der Waals surface area (Å²) in [5.74, 6) is 0. The fourth-order valence-electron chi connectivity index (χ4n) is 2.16. The zero-order valence-electron chi connectivity index (χ0n) is 10.9. The van der Waals surface area contributed by atoms with Crippen molar-refractivity contribution < 1.29 is 9.47 Å². The van der Waals surface area contributed by atoms with Crippen LogP contribution in [0.2, 0.25) is 0 Å². The number of ether oxygens (including phenoxy) is 2. The molecule has 2 unspecified atom stereocenters. The van der Waals surface area contributed by atoms with Crippen LogP contribution in [0.4, 0.5) is 0 Å². The van der Waals surface area contributed by atoms with Gasteiger partial charge in [0.25, 0.3) is 0 Å². The van der Waals surface area contributed by atoms with Crippen molar-refractivity contribution in [2.24, 2.45) is 0 Å². The molecule has 0 spiro atoms. The van der Waals surface area contributed by atoms with Crippen LogP contribution in [-0.2, 0) is 4.74 Å². The monoisotopic (exact) mass is 259 g/mol. The molecular formula is C14H17N3O2. The molecule has 0 bridgehead atoms. The highest BCUT2D eigenvalue weighted by Gasteiger charge is 2.19. The highest BCUT2D eigenvalue weighted by molar-refractivity contribution is 5.77. The maximum atomic E-state index is 5.75. The summed E-state index contributed by atoms with van der Waals surface area (Å²) in [6.07, 6.45) is 2.05. The zero-order chi connectivity index (χ0) is 13.1. The molecule has 0 radical (unpaired) electrons. The number of nitrogens with zero attached hydrogens (tertiary/aromatic N) is 2. The lowest BCUT2D eigenvalue weighted by molar-refractivity contribution is -0.0482. The third-order valence-corrected chi connectivity index (χ3v) is 3.09. The van der Waals surface area contributed by atoms with Gasteiger partial charge in [-0.3, -0.25) is 0 Å². The minimum absolute atomic E-state index is 0.0545. The number of hydrogen-bond acceptors (Lipinski definition) is 5. The molecule has 1 aromatic heterocycles. The van der Waals surface area contributed by atoms with Crippen molar-refractivity contribution in [2.75, 3.05) is 19.7 Å². The van der Waals surface area contributed by atoms with E-state index in [1.54, 1.807) is 6.20 Å². The van der Waals surface area contributed by atoms with Crippen LogP contribution in [0.1, 0.15) is 6.92 Å². The topological polar surface area (TPSA) is 56.3 Å². The van der Waals surface area contributed by atoms with Gasteiger partial charge in [-0.1, -0.05) is 18.2 Å². The summed E-state index contributed by atoms with van der Waals surface area (Å²) in [6.45, 7) is 4.21. The lowest BCUT2D eigenvalue weighted by atomic mass is 10.2. The maximum absolute atomic E-state index is 5.75. The van der Waals surface area contributed by atoms with Crippen molar-refractivity contribution in [2.45, 2.75) is 19.1 Å². The molecule has 1 aliphatic rings. The van der Waals surface area contributed by atoms with E-state index in [2.05, 4.69) is 15.3 Å². The Morgan fingerprint density at radius 2 is 2.26 bits per heavy atom. The second-order valence-electron chi connectivity index (χ2n) is 4.75. The second-order valence-corrected chi connectivity index (χ2v) is 4.75. The number of benzene rings is 1. The largest absolute Gasteiger partial charge is 0.461 e. The molecular weight excluding hydrogens is 242 g/mol. The van der Waals surface area contributed by atoms with Crippen LogP contribution in [0.25, 0.3) is 10.9 Å². The Kier molecular flexibility index (Phi) is 3.57. The van der Waals surface area contributed by atoms with Gasteiger partial charge in [-0.25, -0.2) is 4.98 Å². The van der Waals surface area contributed by atoms with E-state index in [0.29, 0.717) is 12.6 Å². The quantitative estimate of drug-likeness (QED) is 0.902. The number of rotatable bonds is 3. The van der Waals surface area contributed by atoms with Crippen molar-refractivity contribution in [1.29, 1.82) is 0 Å². The van der Waals surface area contributed by atoms with Gasteiger partial charge < -0.3 is 14.8 Å². The maximum Gasteiger partial charge on any atom is 0.317 e. The number of para-hydroxylation sites is 1. The van der Waals surface area contributed by atoms with Gasteiger partial charge in [0.15, 0.2) is 0 Å². The molecule has 19 heavy (non-hydrogen) atoms. The number of morpholine rings is 1. The van der Waals surface area contributed by atoms with Gasteiger partial charge in [-0.15, -0.1) is 0 Å². The highest BCUT2D eigenvalue weighted by Crippen LogP contribution is 2.13. The normalized spacial score (nSPS) is 23.4. The first kappa shape index (κ1) is 12.3. The van der Waals surface area contributed by atoms with Crippen molar-refractivity contribution in [3.63, 3.8) is 0 Å². The van der Waals surface area contributed by atoms with Crippen LogP contribution in [0.3, 0.4) is 0 Å². The summed E-state index contributed by atoms with van der Waals surface area (Å²) < 4.78 is 11.4. The zero-order valence-corrected chi connectivity index (χ0v) is 10.9. The first-order chi connectivity index (χ1) is 9.31.